The third-order valence-electron chi connectivity index (χ3n) is 5.02. The van der Waals surface area contributed by atoms with Gasteiger partial charge in [0, 0.05) is 18.7 Å². The Morgan fingerprint density at radius 2 is 1.71 bits per heavy atom. The highest BCUT2D eigenvalue weighted by atomic mass is 32.2. The molecule has 31 heavy (non-hydrogen) atoms. The summed E-state index contributed by atoms with van der Waals surface area (Å²) in [5, 5.41) is 2.88. The zero-order chi connectivity index (χ0) is 21.8. The summed E-state index contributed by atoms with van der Waals surface area (Å²) in [6, 6.07) is 21.8. The Labute approximate surface area is 180 Å². The fourth-order valence-electron chi connectivity index (χ4n) is 3.36. The van der Waals surface area contributed by atoms with Crippen molar-refractivity contribution in [2.24, 2.45) is 0 Å². The Morgan fingerprint density at radius 1 is 0.968 bits per heavy atom. The van der Waals surface area contributed by atoms with Gasteiger partial charge in [-0.1, -0.05) is 36.4 Å². The van der Waals surface area contributed by atoms with E-state index in [-0.39, 0.29) is 10.8 Å². The highest BCUT2D eigenvalue weighted by Gasteiger charge is 2.12. The monoisotopic (exact) mass is 434 g/mol. The average molecular weight is 435 g/mol. The predicted octanol–water partition coefficient (Wildman–Crippen LogP) is 2.92. The summed E-state index contributed by atoms with van der Waals surface area (Å²) in [6.45, 7) is 1.05. The summed E-state index contributed by atoms with van der Waals surface area (Å²) >= 11 is 0. The zero-order valence-corrected chi connectivity index (χ0v) is 17.8. The summed E-state index contributed by atoms with van der Waals surface area (Å²) in [5.74, 6) is -0.264. The van der Waals surface area contributed by atoms with Gasteiger partial charge < -0.3 is 9.88 Å². The van der Waals surface area contributed by atoms with Crippen LogP contribution in [0.5, 0.6) is 0 Å². The molecule has 0 aliphatic rings. The molecule has 0 radical (unpaired) electrons. The van der Waals surface area contributed by atoms with E-state index in [0.717, 1.165) is 22.2 Å². The maximum absolute atomic E-state index is 12.4. The number of fused-ring (bicyclic) bond motifs is 1. The number of sulfonamides is 1. The normalized spacial score (nSPS) is 11.5. The number of carbonyl (C=O) groups is 1. The lowest BCUT2D eigenvalue weighted by molar-refractivity contribution is 0.0951. The number of rotatable bonds is 7. The van der Waals surface area contributed by atoms with Crippen LogP contribution in [0.3, 0.4) is 0 Å². The number of benzene rings is 3. The Kier molecular flexibility index (Phi) is 5.83. The van der Waals surface area contributed by atoms with Crippen molar-refractivity contribution in [1.29, 1.82) is 0 Å². The van der Waals surface area contributed by atoms with Crippen LogP contribution in [0.1, 0.15) is 21.5 Å². The van der Waals surface area contributed by atoms with Crippen LogP contribution >= 0.6 is 0 Å². The second-order valence-corrected chi connectivity index (χ2v) is 8.98. The van der Waals surface area contributed by atoms with Crippen molar-refractivity contribution in [3.05, 3.63) is 95.8 Å². The number of hydrogen-bond acceptors (Lipinski definition) is 4. The SMILES string of the molecule is CNS(=O)(=O)c1ccc(C(=O)NCc2cccc(Cn3cnc4ccccc43)c2)cc1. The topological polar surface area (TPSA) is 93.1 Å². The standard InChI is InChI=1S/C23H22N4O3S/c1-24-31(29,30)20-11-9-19(10-12-20)23(28)25-14-17-5-4-6-18(13-17)15-27-16-26-21-7-2-3-8-22(21)27/h2-13,16,24H,14-15H2,1H3,(H,25,28). The Bertz CT molecular complexity index is 1330. The van der Waals surface area contributed by atoms with Crippen LogP contribution in [-0.4, -0.2) is 30.9 Å². The van der Waals surface area contributed by atoms with Crippen LogP contribution in [-0.2, 0) is 23.1 Å². The molecule has 0 unspecified atom stereocenters. The van der Waals surface area contributed by atoms with E-state index in [1.54, 1.807) is 0 Å². The van der Waals surface area contributed by atoms with E-state index in [1.165, 1.54) is 31.3 Å². The molecule has 0 atom stereocenters. The minimum atomic E-state index is -3.52. The Balaban J connectivity index is 1.41. The molecule has 3 aromatic carbocycles. The van der Waals surface area contributed by atoms with Gasteiger partial charge in [0.05, 0.1) is 22.3 Å². The second kappa shape index (κ2) is 8.71. The third kappa shape index (κ3) is 4.65. The van der Waals surface area contributed by atoms with Gasteiger partial charge in [0.1, 0.15) is 0 Å². The number of aromatic nitrogens is 2. The van der Waals surface area contributed by atoms with Gasteiger partial charge in [-0.25, -0.2) is 18.1 Å². The van der Waals surface area contributed by atoms with Gasteiger partial charge >= 0.3 is 0 Å². The van der Waals surface area contributed by atoms with E-state index in [9.17, 15) is 13.2 Å². The van der Waals surface area contributed by atoms with E-state index in [0.29, 0.717) is 18.7 Å². The van der Waals surface area contributed by atoms with Crippen molar-refractivity contribution >= 4 is 27.0 Å². The zero-order valence-electron chi connectivity index (χ0n) is 16.9. The van der Waals surface area contributed by atoms with Crippen molar-refractivity contribution in [1.82, 2.24) is 19.6 Å². The number of amides is 1. The van der Waals surface area contributed by atoms with Crippen LogP contribution in [0.2, 0.25) is 0 Å². The quantitative estimate of drug-likeness (QED) is 0.468. The van der Waals surface area contributed by atoms with Crippen molar-refractivity contribution < 1.29 is 13.2 Å². The predicted molar refractivity (Wildman–Crippen MR) is 119 cm³/mol. The van der Waals surface area contributed by atoms with Crippen LogP contribution in [0.15, 0.2) is 84.0 Å². The average Bonchev–Trinajstić information content (AvgIpc) is 3.20. The molecule has 4 aromatic rings. The van der Waals surface area contributed by atoms with Gasteiger partial charge in [-0.05, 0) is 54.6 Å². The minimum absolute atomic E-state index is 0.117. The highest BCUT2D eigenvalue weighted by Crippen LogP contribution is 2.15. The van der Waals surface area contributed by atoms with Gasteiger partial charge in [-0.2, -0.15) is 0 Å². The first kappa shape index (κ1) is 20.8. The lowest BCUT2D eigenvalue weighted by atomic mass is 10.1. The molecule has 0 fully saturated rings. The maximum Gasteiger partial charge on any atom is 0.251 e. The highest BCUT2D eigenvalue weighted by molar-refractivity contribution is 7.89. The third-order valence-corrected chi connectivity index (χ3v) is 6.45. The van der Waals surface area contributed by atoms with Crippen LogP contribution < -0.4 is 10.0 Å². The first-order chi connectivity index (χ1) is 15.0. The smallest absolute Gasteiger partial charge is 0.251 e. The van der Waals surface area contributed by atoms with E-state index >= 15 is 0 Å². The number of nitrogens with one attached hydrogen (secondary N) is 2. The molecule has 158 valence electrons. The van der Waals surface area contributed by atoms with Gasteiger partial charge in [0.2, 0.25) is 10.0 Å². The van der Waals surface area contributed by atoms with Gasteiger partial charge in [-0.15, -0.1) is 0 Å². The molecule has 0 spiro atoms. The first-order valence-electron chi connectivity index (χ1n) is 9.76. The Hall–Kier alpha value is -3.49. The van der Waals surface area contributed by atoms with Crippen LogP contribution in [0.25, 0.3) is 11.0 Å². The number of carbonyl (C=O) groups excluding carboxylic acids is 1. The van der Waals surface area contributed by atoms with Crippen molar-refractivity contribution in [3.63, 3.8) is 0 Å². The van der Waals surface area contributed by atoms with Gasteiger partial charge in [-0.3, -0.25) is 4.79 Å². The molecular formula is C23H22N4O3S. The molecule has 0 saturated heterocycles. The van der Waals surface area contributed by atoms with Crippen LogP contribution in [0, 0.1) is 0 Å². The fourth-order valence-corrected chi connectivity index (χ4v) is 4.09. The lowest BCUT2D eigenvalue weighted by Crippen LogP contribution is -2.23. The molecule has 8 heteroatoms. The molecule has 0 bridgehead atoms. The molecule has 0 saturated carbocycles. The van der Waals surface area contributed by atoms with Gasteiger partial charge in [0.25, 0.3) is 5.91 Å². The van der Waals surface area contributed by atoms with Crippen molar-refractivity contribution in [3.8, 4) is 0 Å². The van der Waals surface area contributed by atoms with E-state index < -0.39 is 10.0 Å². The van der Waals surface area contributed by atoms with Gasteiger partial charge in [0.15, 0.2) is 0 Å². The minimum Gasteiger partial charge on any atom is -0.348 e. The maximum atomic E-state index is 12.4. The number of imidazole rings is 1. The molecule has 1 heterocycles. The lowest BCUT2D eigenvalue weighted by Gasteiger charge is -2.09. The number of para-hydroxylation sites is 2. The van der Waals surface area contributed by atoms with Crippen molar-refractivity contribution in [2.45, 2.75) is 18.0 Å². The van der Waals surface area contributed by atoms with E-state index in [1.807, 2.05) is 48.8 Å². The summed E-state index contributed by atoms with van der Waals surface area (Å²) in [6.07, 6.45) is 1.83. The number of hydrogen-bond donors (Lipinski definition) is 2. The van der Waals surface area contributed by atoms with Crippen LogP contribution in [0.4, 0.5) is 0 Å². The molecule has 2 N–H and O–H groups in total. The molecule has 1 amide bonds. The molecule has 4 rings (SSSR count). The summed E-state index contributed by atoms with van der Waals surface area (Å²) in [7, 11) is -2.18. The molecular weight excluding hydrogens is 412 g/mol. The van der Waals surface area contributed by atoms with E-state index in [2.05, 4.69) is 25.7 Å². The first-order valence-corrected chi connectivity index (χ1v) is 11.2. The largest absolute Gasteiger partial charge is 0.348 e. The summed E-state index contributed by atoms with van der Waals surface area (Å²) in [4.78, 5) is 17.0. The summed E-state index contributed by atoms with van der Waals surface area (Å²) in [5.41, 5.74) is 4.52. The Morgan fingerprint density at radius 3 is 2.48 bits per heavy atom. The molecule has 1 aromatic heterocycles. The van der Waals surface area contributed by atoms with Crippen molar-refractivity contribution in [2.75, 3.05) is 7.05 Å². The summed E-state index contributed by atoms with van der Waals surface area (Å²) < 4.78 is 27.9. The second-order valence-electron chi connectivity index (χ2n) is 7.10. The fraction of sp³-hybridized carbons (Fsp3) is 0.130. The molecule has 7 nitrogen and oxygen atoms in total. The van der Waals surface area contributed by atoms with E-state index in [4.69, 9.17) is 0 Å². The molecule has 0 aliphatic heterocycles. The molecule has 0 aliphatic carbocycles. The number of nitrogens with zero attached hydrogens (tertiary/aromatic N) is 2.